The Balaban J connectivity index is 0.000000706. The molecule has 150 valence electrons. The number of fused-ring (bicyclic) bond motifs is 2. The molecule has 0 aromatic heterocycles. The number of rotatable bonds is 2. The number of hydrogen-bond donors (Lipinski definition) is 2. The monoisotopic (exact) mass is 464 g/mol. The summed E-state index contributed by atoms with van der Waals surface area (Å²) < 4.78 is 21.6. The summed E-state index contributed by atoms with van der Waals surface area (Å²) in [5.74, 6) is 0.405. The third-order valence-electron chi connectivity index (χ3n) is 6.05. The fourth-order valence-corrected chi connectivity index (χ4v) is 4.52. The van der Waals surface area contributed by atoms with Gasteiger partial charge in [0, 0.05) is 38.0 Å². The van der Waals surface area contributed by atoms with E-state index in [-0.39, 0.29) is 12.0 Å². The van der Waals surface area contributed by atoms with Gasteiger partial charge in [-0.05, 0) is 24.8 Å². The van der Waals surface area contributed by atoms with Crippen LogP contribution >= 0.6 is 0 Å². The molecule has 8 heteroatoms. The first kappa shape index (κ1) is 21.5. The molecule has 0 unspecified atom stereocenters. The number of carbonyl (C=O) groups is 2. The third-order valence-corrected chi connectivity index (χ3v) is 6.05. The molecule has 0 bridgehead atoms. The quantitative estimate of drug-likeness (QED) is 0.657. The summed E-state index contributed by atoms with van der Waals surface area (Å²) >= 11 is -2.14. The molecule has 28 heavy (non-hydrogen) atoms. The Morgan fingerprint density at radius 2 is 1.86 bits per heavy atom. The van der Waals surface area contributed by atoms with Crippen LogP contribution in [0.5, 0.6) is 0 Å². The Kier molecular flexibility index (Phi) is 7.72. The molecular weight excluding hydrogens is 437 g/mol. The van der Waals surface area contributed by atoms with E-state index in [0.29, 0.717) is 37.4 Å². The average Bonchev–Trinajstić information content (AvgIpc) is 3.00. The van der Waals surface area contributed by atoms with Crippen molar-refractivity contribution in [1.29, 1.82) is 0 Å². The molecule has 1 aliphatic carbocycles. The summed E-state index contributed by atoms with van der Waals surface area (Å²) in [6, 6.07) is 7.66. The zero-order valence-electron chi connectivity index (χ0n) is 16.1. The topological polar surface area (TPSA) is 95.9 Å². The van der Waals surface area contributed by atoms with Crippen molar-refractivity contribution >= 4 is 12.0 Å². The zero-order valence-corrected chi connectivity index (χ0v) is 18.9. The summed E-state index contributed by atoms with van der Waals surface area (Å²) in [5, 5.41) is 3.11. The van der Waals surface area contributed by atoms with Crippen LogP contribution < -0.4 is 5.32 Å². The van der Waals surface area contributed by atoms with Crippen molar-refractivity contribution in [2.24, 2.45) is 5.92 Å². The molecular formula is C20H27N2O5Y. The van der Waals surface area contributed by atoms with Crippen LogP contribution in [0.25, 0.3) is 0 Å². The second-order valence-corrected chi connectivity index (χ2v) is 8.23. The molecule has 2 heterocycles. The molecule has 1 spiro atoms. The van der Waals surface area contributed by atoms with E-state index in [9.17, 15) is 9.59 Å². The van der Waals surface area contributed by atoms with Gasteiger partial charge in [-0.3, -0.25) is 0 Å². The summed E-state index contributed by atoms with van der Waals surface area (Å²) in [6.07, 6.45) is 7.72. The molecule has 2 N–H and O–H groups in total. The van der Waals surface area contributed by atoms with Gasteiger partial charge in [0.25, 0.3) is 0 Å². The van der Waals surface area contributed by atoms with Crippen molar-refractivity contribution in [1.82, 2.24) is 10.2 Å². The van der Waals surface area contributed by atoms with E-state index in [0.717, 1.165) is 12.1 Å². The second-order valence-electron chi connectivity index (χ2n) is 7.71. The fraction of sp³-hybridized carbons (Fsp3) is 0.600. The van der Waals surface area contributed by atoms with Gasteiger partial charge in [-0.25, -0.2) is 9.59 Å². The maximum absolute atomic E-state index is 12.5. The van der Waals surface area contributed by atoms with Gasteiger partial charge in [-0.15, -0.1) is 0 Å². The number of likely N-dealkylation sites (tertiary alicyclic amines) is 1. The van der Waals surface area contributed by atoms with Crippen LogP contribution in [0.15, 0.2) is 24.3 Å². The molecule has 1 saturated carbocycles. The van der Waals surface area contributed by atoms with Gasteiger partial charge >= 0.3 is 46.2 Å². The molecule has 1 saturated heterocycles. The van der Waals surface area contributed by atoms with Crippen LogP contribution in [0.1, 0.15) is 60.9 Å². The Morgan fingerprint density at radius 3 is 2.54 bits per heavy atom. The molecule has 2 amide bonds. The SMILES string of the molecule is O=C1OC2(CCN(C(=O)NCC3CCCCC3)CC2)c2ccccc21.[O]=[Y][OH]. The zero-order chi connectivity index (χ0) is 20.0. The van der Waals surface area contributed by atoms with Gasteiger partial charge in [0.15, 0.2) is 0 Å². The summed E-state index contributed by atoms with van der Waals surface area (Å²) in [6.45, 7) is 2.04. The summed E-state index contributed by atoms with van der Waals surface area (Å²) in [5.41, 5.74) is 1.13. The van der Waals surface area contributed by atoms with Crippen molar-refractivity contribution in [3.05, 3.63) is 35.4 Å². The van der Waals surface area contributed by atoms with Crippen LogP contribution in [-0.2, 0) is 42.1 Å². The number of benzene rings is 1. The van der Waals surface area contributed by atoms with E-state index in [1.54, 1.807) is 0 Å². The summed E-state index contributed by atoms with van der Waals surface area (Å²) in [4.78, 5) is 26.4. The number of ether oxygens (including phenoxy) is 1. The number of esters is 1. The van der Waals surface area contributed by atoms with Crippen molar-refractivity contribution in [2.45, 2.75) is 50.5 Å². The number of amides is 2. The third kappa shape index (κ3) is 4.86. The van der Waals surface area contributed by atoms with Crippen LogP contribution in [0.3, 0.4) is 0 Å². The average molecular weight is 464 g/mol. The van der Waals surface area contributed by atoms with Crippen molar-refractivity contribution in [2.75, 3.05) is 19.6 Å². The fourth-order valence-electron chi connectivity index (χ4n) is 4.52. The van der Waals surface area contributed by atoms with Crippen LogP contribution in [0.4, 0.5) is 4.79 Å². The Labute approximate surface area is 181 Å². The van der Waals surface area contributed by atoms with E-state index in [4.69, 9.17) is 9.20 Å². The standard InChI is InChI=1S/C20H26N2O3.H2O.O.Y/c23-18-16-8-4-5-9-17(16)20(25-18)10-12-22(13-11-20)19(24)21-14-15-6-2-1-3-7-15;;;/h4-5,8-9,15H,1-3,6-7,10-14H2,(H,21,24);1H2;;/q;;;+1/p-1. The van der Waals surface area contributed by atoms with E-state index in [1.807, 2.05) is 29.2 Å². The normalized spacial score (nSPS) is 20.5. The Morgan fingerprint density at radius 1 is 1.21 bits per heavy atom. The summed E-state index contributed by atoms with van der Waals surface area (Å²) in [7, 11) is 0. The number of nitrogens with zero attached hydrogens (tertiary/aromatic N) is 1. The number of piperidine rings is 1. The van der Waals surface area contributed by atoms with Gasteiger partial charge in [0.1, 0.15) is 5.60 Å². The molecule has 0 atom stereocenters. The first-order chi connectivity index (χ1) is 13.6. The predicted molar refractivity (Wildman–Crippen MR) is 97.2 cm³/mol. The van der Waals surface area contributed by atoms with E-state index in [1.165, 1.54) is 32.1 Å². The minimum atomic E-state index is -2.14. The van der Waals surface area contributed by atoms with Crippen molar-refractivity contribution < 1.29 is 48.6 Å². The molecule has 1 aromatic rings. The molecule has 2 aliphatic heterocycles. The van der Waals surface area contributed by atoms with Gasteiger partial charge in [-0.1, -0.05) is 37.5 Å². The number of carbonyl (C=O) groups excluding carboxylic acids is 2. The molecule has 3 aliphatic rings. The first-order valence-electron chi connectivity index (χ1n) is 10.0. The van der Waals surface area contributed by atoms with Gasteiger partial charge in [0.05, 0.1) is 5.56 Å². The van der Waals surface area contributed by atoms with Gasteiger partial charge in [0.2, 0.25) is 0 Å². The number of urea groups is 1. The molecule has 1 aromatic carbocycles. The Hall–Kier alpha value is -1.18. The van der Waals surface area contributed by atoms with Crippen molar-refractivity contribution in [3.63, 3.8) is 0 Å². The predicted octanol–water partition coefficient (Wildman–Crippen LogP) is 2.76. The van der Waals surface area contributed by atoms with Gasteiger partial charge < -0.3 is 15.0 Å². The molecule has 7 nitrogen and oxygen atoms in total. The van der Waals surface area contributed by atoms with Crippen LogP contribution in [-0.4, -0.2) is 39.0 Å². The Bertz CT molecular complexity index is 712. The maximum atomic E-state index is 12.5. The first-order valence-corrected chi connectivity index (χ1v) is 12.5. The molecule has 4 rings (SSSR count). The number of hydrogen-bond acceptors (Lipinski definition) is 4. The molecule has 2 fully saturated rings. The van der Waals surface area contributed by atoms with E-state index in [2.05, 4.69) is 5.32 Å². The van der Waals surface area contributed by atoms with Gasteiger partial charge in [-0.2, -0.15) is 0 Å². The van der Waals surface area contributed by atoms with Crippen molar-refractivity contribution in [3.8, 4) is 0 Å². The van der Waals surface area contributed by atoms with E-state index < -0.39 is 35.4 Å². The van der Waals surface area contributed by atoms with E-state index >= 15 is 0 Å². The van der Waals surface area contributed by atoms with Crippen LogP contribution in [0.2, 0.25) is 0 Å². The molecule has 0 radical (unpaired) electrons. The minimum absolute atomic E-state index is 0.0260. The van der Waals surface area contributed by atoms with Crippen LogP contribution in [0, 0.1) is 5.92 Å². The number of nitrogens with one attached hydrogen (secondary N) is 1. The second kappa shape index (κ2) is 10.0.